The topological polar surface area (TPSA) is 71.1 Å². The number of rotatable bonds is 5. The highest BCUT2D eigenvalue weighted by atomic mass is 19.1. The van der Waals surface area contributed by atoms with Crippen molar-refractivity contribution >= 4 is 11.8 Å². The minimum absolute atomic E-state index is 0.287. The van der Waals surface area contributed by atoms with Gasteiger partial charge >= 0.3 is 0 Å². The largest absolute Gasteiger partial charge is 0.352 e. The van der Waals surface area contributed by atoms with E-state index in [9.17, 15) is 14.0 Å². The predicted octanol–water partition coefficient (Wildman–Crippen LogP) is 2.72. The Morgan fingerprint density at radius 1 is 1.08 bits per heavy atom. The Bertz CT molecular complexity index is 769. The second-order valence-electron chi connectivity index (χ2n) is 6.76. The van der Waals surface area contributed by atoms with Gasteiger partial charge in [-0.15, -0.1) is 0 Å². The van der Waals surface area contributed by atoms with Gasteiger partial charge in [-0.2, -0.15) is 0 Å². The Hall–Kier alpha value is -2.76. The molecular formula is C19H22FN3O2. The van der Waals surface area contributed by atoms with Crippen LogP contribution in [-0.2, 0) is 6.42 Å². The van der Waals surface area contributed by atoms with Gasteiger partial charge in [0.2, 0.25) is 0 Å². The number of aromatic nitrogens is 1. The Labute approximate surface area is 146 Å². The minimum Gasteiger partial charge on any atom is -0.352 e. The molecule has 0 saturated carbocycles. The summed E-state index contributed by atoms with van der Waals surface area (Å²) in [5.74, 6) is -0.936. The number of hydrogen-bond acceptors (Lipinski definition) is 3. The fraction of sp³-hybridized carbons (Fsp3) is 0.316. The molecule has 0 fully saturated rings. The number of pyridine rings is 1. The first kappa shape index (κ1) is 18.6. The molecule has 2 N–H and O–H groups in total. The van der Waals surface area contributed by atoms with Crippen LogP contribution in [0.15, 0.2) is 42.7 Å². The molecule has 25 heavy (non-hydrogen) atoms. The molecule has 0 radical (unpaired) electrons. The van der Waals surface area contributed by atoms with Gasteiger partial charge in [-0.1, -0.05) is 18.2 Å². The lowest BCUT2D eigenvalue weighted by Gasteiger charge is -2.20. The first-order valence-corrected chi connectivity index (χ1v) is 8.05. The van der Waals surface area contributed by atoms with Crippen LogP contribution in [0.2, 0.25) is 0 Å². The molecule has 0 spiro atoms. The molecule has 0 bridgehead atoms. The SMILES string of the molecule is CC(C)(C)NC(=O)c1cncc(C(=O)NCCc2ccccc2F)c1. The zero-order valence-corrected chi connectivity index (χ0v) is 14.6. The molecule has 0 atom stereocenters. The van der Waals surface area contributed by atoms with Crippen molar-refractivity contribution in [3.63, 3.8) is 0 Å². The molecule has 1 aromatic carbocycles. The maximum Gasteiger partial charge on any atom is 0.253 e. The Balaban J connectivity index is 1.97. The number of nitrogens with zero attached hydrogens (tertiary/aromatic N) is 1. The number of benzene rings is 1. The van der Waals surface area contributed by atoms with Crippen LogP contribution in [0.3, 0.4) is 0 Å². The summed E-state index contributed by atoms with van der Waals surface area (Å²) in [6, 6.07) is 7.93. The highest BCUT2D eigenvalue weighted by molar-refractivity contribution is 5.99. The maximum absolute atomic E-state index is 13.5. The molecule has 0 aliphatic carbocycles. The second kappa shape index (κ2) is 7.88. The molecule has 2 amide bonds. The van der Waals surface area contributed by atoms with Crippen molar-refractivity contribution in [2.75, 3.05) is 6.54 Å². The number of hydrogen-bond donors (Lipinski definition) is 2. The van der Waals surface area contributed by atoms with Crippen LogP contribution in [0.5, 0.6) is 0 Å². The van der Waals surface area contributed by atoms with Gasteiger partial charge in [0, 0.05) is 24.5 Å². The van der Waals surface area contributed by atoms with Gasteiger partial charge < -0.3 is 10.6 Å². The third-order valence-electron chi connectivity index (χ3n) is 3.39. The van der Waals surface area contributed by atoms with Crippen LogP contribution in [-0.4, -0.2) is 28.9 Å². The number of carbonyl (C=O) groups excluding carboxylic acids is 2. The normalized spacial score (nSPS) is 11.0. The summed E-state index contributed by atoms with van der Waals surface area (Å²) in [5.41, 5.74) is 0.765. The van der Waals surface area contributed by atoms with Crippen molar-refractivity contribution in [3.8, 4) is 0 Å². The summed E-state index contributed by atoms with van der Waals surface area (Å²) in [5, 5.41) is 5.53. The Morgan fingerprint density at radius 2 is 1.72 bits per heavy atom. The minimum atomic E-state index is -0.380. The van der Waals surface area contributed by atoms with Crippen molar-refractivity contribution in [1.29, 1.82) is 0 Å². The number of carbonyl (C=O) groups is 2. The van der Waals surface area contributed by atoms with E-state index in [1.54, 1.807) is 18.2 Å². The van der Waals surface area contributed by atoms with E-state index in [4.69, 9.17) is 0 Å². The van der Waals surface area contributed by atoms with E-state index in [-0.39, 0.29) is 35.3 Å². The lowest BCUT2D eigenvalue weighted by molar-refractivity contribution is 0.0919. The zero-order valence-electron chi connectivity index (χ0n) is 14.6. The molecule has 0 aliphatic rings. The summed E-state index contributed by atoms with van der Waals surface area (Å²) >= 11 is 0. The van der Waals surface area contributed by atoms with E-state index in [0.29, 0.717) is 17.5 Å². The molecule has 1 heterocycles. The molecule has 0 aliphatic heterocycles. The van der Waals surface area contributed by atoms with Gasteiger partial charge in [-0.05, 0) is 44.9 Å². The van der Waals surface area contributed by atoms with E-state index in [2.05, 4.69) is 15.6 Å². The van der Waals surface area contributed by atoms with Crippen LogP contribution in [0, 0.1) is 5.82 Å². The standard InChI is InChI=1S/C19H22FN3O2/c1-19(2,3)23-18(25)15-10-14(11-21-12-15)17(24)22-9-8-13-6-4-5-7-16(13)20/h4-7,10-12H,8-9H2,1-3H3,(H,22,24)(H,23,25). The molecule has 5 nitrogen and oxygen atoms in total. The first-order valence-electron chi connectivity index (χ1n) is 8.05. The second-order valence-corrected chi connectivity index (χ2v) is 6.76. The summed E-state index contributed by atoms with van der Waals surface area (Å²) < 4.78 is 13.5. The van der Waals surface area contributed by atoms with Crippen molar-refractivity contribution < 1.29 is 14.0 Å². The lowest BCUT2D eigenvalue weighted by Crippen LogP contribution is -2.40. The smallest absolute Gasteiger partial charge is 0.253 e. The molecule has 0 saturated heterocycles. The van der Waals surface area contributed by atoms with Crippen molar-refractivity contribution in [3.05, 3.63) is 65.2 Å². The third-order valence-corrected chi connectivity index (χ3v) is 3.39. The van der Waals surface area contributed by atoms with E-state index in [1.165, 1.54) is 24.5 Å². The van der Waals surface area contributed by atoms with E-state index >= 15 is 0 Å². The van der Waals surface area contributed by atoms with Crippen LogP contribution < -0.4 is 10.6 Å². The first-order chi connectivity index (χ1) is 11.8. The van der Waals surface area contributed by atoms with Gasteiger partial charge in [0.1, 0.15) is 5.82 Å². The number of amides is 2. The summed E-state index contributed by atoms with van der Waals surface area (Å²) in [4.78, 5) is 28.3. The fourth-order valence-electron chi connectivity index (χ4n) is 2.21. The van der Waals surface area contributed by atoms with E-state index < -0.39 is 0 Å². The highest BCUT2D eigenvalue weighted by Gasteiger charge is 2.17. The van der Waals surface area contributed by atoms with Crippen LogP contribution >= 0.6 is 0 Å². The molecule has 132 valence electrons. The van der Waals surface area contributed by atoms with Gasteiger partial charge in [0.25, 0.3) is 11.8 Å². The molecular weight excluding hydrogens is 321 g/mol. The van der Waals surface area contributed by atoms with Gasteiger partial charge in [-0.25, -0.2) is 4.39 Å². The van der Waals surface area contributed by atoms with Crippen molar-refractivity contribution in [1.82, 2.24) is 15.6 Å². The Kier molecular flexibility index (Phi) is 5.85. The van der Waals surface area contributed by atoms with E-state index in [1.807, 2.05) is 20.8 Å². The van der Waals surface area contributed by atoms with E-state index in [0.717, 1.165) is 0 Å². The van der Waals surface area contributed by atoms with Gasteiger partial charge in [0.05, 0.1) is 11.1 Å². The quantitative estimate of drug-likeness (QED) is 0.877. The van der Waals surface area contributed by atoms with Crippen LogP contribution in [0.25, 0.3) is 0 Å². The maximum atomic E-state index is 13.5. The molecule has 2 rings (SSSR count). The molecule has 0 unspecified atom stereocenters. The number of halogens is 1. The summed E-state index contributed by atoms with van der Waals surface area (Å²) in [6.07, 6.45) is 3.19. The average molecular weight is 343 g/mol. The monoisotopic (exact) mass is 343 g/mol. The fourth-order valence-corrected chi connectivity index (χ4v) is 2.21. The van der Waals surface area contributed by atoms with Crippen molar-refractivity contribution in [2.24, 2.45) is 0 Å². The van der Waals surface area contributed by atoms with Gasteiger partial charge in [-0.3, -0.25) is 14.6 Å². The Morgan fingerprint density at radius 3 is 2.36 bits per heavy atom. The summed E-state index contributed by atoms with van der Waals surface area (Å²) in [6.45, 7) is 5.91. The average Bonchev–Trinajstić information content (AvgIpc) is 2.55. The summed E-state index contributed by atoms with van der Waals surface area (Å²) in [7, 11) is 0. The highest BCUT2D eigenvalue weighted by Crippen LogP contribution is 2.08. The van der Waals surface area contributed by atoms with Gasteiger partial charge in [0.15, 0.2) is 0 Å². The van der Waals surface area contributed by atoms with Crippen molar-refractivity contribution in [2.45, 2.75) is 32.7 Å². The third kappa shape index (κ3) is 5.67. The van der Waals surface area contributed by atoms with Crippen LogP contribution in [0.4, 0.5) is 4.39 Å². The zero-order chi connectivity index (χ0) is 18.4. The lowest BCUT2D eigenvalue weighted by atomic mass is 10.1. The molecule has 1 aromatic heterocycles. The predicted molar refractivity (Wildman–Crippen MR) is 93.9 cm³/mol. The molecule has 2 aromatic rings. The number of nitrogens with one attached hydrogen (secondary N) is 2. The molecule has 6 heteroatoms. The van der Waals surface area contributed by atoms with Crippen LogP contribution in [0.1, 0.15) is 47.1 Å².